The zero-order valence-electron chi connectivity index (χ0n) is 17.5. The van der Waals surface area contributed by atoms with Crippen LogP contribution in [0.15, 0.2) is 23.4 Å². The molecule has 0 unspecified atom stereocenters. The van der Waals surface area contributed by atoms with Gasteiger partial charge >= 0.3 is 0 Å². The van der Waals surface area contributed by atoms with E-state index < -0.39 is 0 Å². The highest BCUT2D eigenvalue weighted by Gasteiger charge is 2.20. The zero-order chi connectivity index (χ0) is 21.7. The van der Waals surface area contributed by atoms with E-state index in [1.807, 2.05) is 23.5 Å². The first-order valence-corrected chi connectivity index (χ1v) is 12.5. The van der Waals surface area contributed by atoms with E-state index in [2.05, 4.69) is 26.6 Å². The van der Waals surface area contributed by atoms with Gasteiger partial charge in [-0.05, 0) is 50.3 Å². The van der Waals surface area contributed by atoms with E-state index in [1.165, 1.54) is 29.5 Å². The molecule has 1 aliphatic carbocycles. The fourth-order valence-electron chi connectivity index (χ4n) is 4.23. The van der Waals surface area contributed by atoms with Crippen LogP contribution in [0.3, 0.4) is 0 Å². The molecule has 1 amide bonds. The maximum Gasteiger partial charge on any atom is 0.236 e. The molecule has 0 saturated carbocycles. The first-order chi connectivity index (χ1) is 15.7. The van der Waals surface area contributed by atoms with Crippen LogP contribution < -0.4 is 14.8 Å². The molecule has 1 N–H and O–H groups in total. The minimum absolute atomic E-state index is 0.0936. The van der Waals surface area contributed by atoms with Gasteiger partial charge in [0.25, 0.3) is 0 Å². The topological polar surface area (TPSA) is 90.6 Å². The normalized spacial score (nSPS) is 15.2. The Bertz CT molecular complexity index is 1340. The molecular weight excluding hydrogens is 446 g/mol. The second-order valence-electron chi connectivity index (χ2n) is 7.96. The number of hydrogen-bond acceptors (Lipinski definition) is 8. The molecule has 1 aliphatic heterocycles. The van der Waals surface area contributed by atoms with Crippen molar-refractivity contribution in [2.45, 2.75) is 37.8 Å². The van der Waals surface area contributed by atoms with Gasteiger partial charge in [0.2, 0.25) is 5.91 Å². The molecule has 32 heavy (non-hydrogen) atoms. The van der Waals surface area contributed by atoms with Gasteiger partial charge in [0.1, 0.15) is 13.2 Å². The Morgan fingerprint density at radius 1 is 1.16 bits per heavy atom. The van der Waals surface area contributed by atoms with Crippen molar-refractivity contribution in [2.75, 3.05) is 24.3 Å². The van der Waals surface area contributed by atoms with E-state index in [0.29, 0.717) is 29.3 Å². The third-order valence-corrected chi connectivity index (χ3v) is 7.72. The number of pyridine rings is 1. The minimum Gasteiger partial charge on any atom is -0.486 e. The molecule has 0 atom stereocenters. The number of benzene rings is 1. The lowest BCUT2D eigenvalue weighted by Crippen LogP contribution is -2.15. The predicted molar refractivity (Wildman–Crippen MR) is 124 cm³/mol. The quantitative estimate of drug-likeness (QED) is 0.453. The third-order valence-electron chi connectivity index (χ3n) is 5.71. The standard InChI is InChI=1S/C22H21N5O3S2/c1-12-8-13-9-16-17(30-7-6-29-16)10-15(13)27-20(12)25-26-22(27)31-11-19(28)24-21-23-14-4-2-3-5-18(14)32-21/h8-10H,2-7,11H2,1H3,(H,23,24,28). The van der Waals surface area contributed by atoms with Crippen molar-refractivity contribution < 1.29 is 14.3 Å². The van der Waals surface area contributed by atoms with Crippen LogP contribution >= 0.6 is 23.1 Å². The van der Waals surface area contributed by atoms with Gasteiger partial charge in [0.15, 0.2) is 27.4 Å². The molecule has 8 nitrogen and oxygen atoms in total. The molecule has 0 bridgehead atoms. The van der Waals surface area contributed by atoms with Gasteiger partial charge in [0, 0.05) is 16.3 Å². The molecule has 4 aromatic rings. The minimum atomic E-state index is -0.0936. The molecule has 1 aromatic carbocycles. The fourth-order valence-corrected chi connectivity index (χ4v) is 6.04. The molecule has 0 spiro atoms. The highest BCUT2D eigenvalue weighted by atomic mass is 32.2. The average Bonchev–Trinajstić information content (AvgIpc) is 3.41. The summed E-state index contributed by atoms with van der Waals surface area (Å²) in [6.45, 7) is 3.08. The van der Waals surface area contributed by atoms with Crippen molar-refractivity contribution in [2.24, 2.45) is 0 Å². The zero-order valence-corrected chi connectivity index (χ0v) is 19.1. The smallest absolute Gasteiger partial charge is 0.236 e. The van der Waals surface area contributed by atoms with Gasteiger partial charge < -0.3 is 14.8 Å². The lowest BCUT2D eigenvalue weighted by molar-refractivity contribution is -0.113. The summed E-state index contributed by atoms with van der Waals surface area (Å²) in [4.78, 5) is 18.5. The summed E-state index contributed by atoms with van der Waals surface area (Å²) in [6.07, 6.45) is 4.45. The largest absolute Gasteiger partial charge is 0.486 e. The Balaban J connectivity index is 1.27. The summed E-state index contributed by atoms with van der Waals surface area (Å²) in [5.41, 5.74) is 3.84. The van der Waals surface area contributed by atoms with Crippen LogP contribution in [0.2, 0.25) is 0 Å². The van der Waals surface area contributed by atoms with E-state index >= 15 is 0 Å². The number of aryl methyl sites for hydroxylation is 3. The van der Waals surface area contributed by atoms with Crippen LogP contribution in [0.1, 0.15) is 29.0 Å². The lowest BCUT2D eigenvalue weighted by Gasteiger charge is -2.19. The number of thiazole rings is 1. The van der Waals surface area contributed by atoms with Crippen molar-refractivity contribution in [3.63, 3.8) is 0 Å². The van der Waals surface area contributed by atoms with Crippen LogP contribution in [0.5, 0.6) is 11.5 Å². The van der Waals surface area contributed by atoms with Gasteiger partial charge in [-0.3, -0.25) is 9.20 Å². The summed E-state index contributed by atoms with van der Waals surface area (Å²) in [6, 6.07) is 6.02. The highest BCUT2D eigenvalue weighted by Crippen LogP contribution is 2.36. The van der Waals surface area contributed by atoms with Crippen molar-refractivity contribution in [1.29, 1.82) is 0 Å². The fraction of sp³-hybridized carbons (Fsp3) is 0.364. The van der Waals surface area contributed by atoms with Gasteiger partial charge in [-0.15, -0.1) is 21.5 Å². The van der Waals surface area contributed by atoms with Crippen LogP contribution in [0.4, 0.5) is 5.13 Å². The van der Waals surface area contributed by atoms with Gasteiger partial charge in [-0.1, -0.05) is 11.8 Å². The third kappa shape index (κ3) is 3.47. The molecule has 0 radical (unpaired) electrons. The number of nitrogens with one attached hydrogen (secondary N) is 1. The van der Waals surface area contributed by atoms with Crippen LogP contribution in [-0.2, 0) is 17.6 Å². The number of ether oxygens (including phenoxy) is 2. The summed E-state index contributed by atoms with van der Waals surface area (Å²) < 4.78 is 13.5. The van der Waals surface area contributed by atoms with E-state index in [1.54, 1.807) is 11.3 Å². The van der Waals surface area contributed by atoms with Crippen LogP contribution in [0.25, 0.3) is 16.6 Å². The number of hydrogen-bond donors (Lipinski definition) is 1. The predicted octanol–water partition coefficient (Wildman–Crippen LogP) is 4.03. The Hall–Kier alpha value is -2.85. The van der Waals surface area contributed by atoms with E-state index in [-0.39, 0.29) is 11.7 Å². The Morgan fingerprint density at radius 2 is 1.97 bits per heavy atom. The average molecular weight is 468 g/mol. The van der Waals surface area contributed by atoms with Crippen LogP contribution in [0, 0.1) is 6.92 Å². The van der Waals surface area contributed by atoms with Gasteiger partial charge in [0.05, 0.1) is 17.0 Å². The molecule has 4 heterocycles. The number of aromatic nitrogens is 4. The molecule has 0 fully saturated rings. The molecule has 164 valence electrons. The molecule has 6 rings (SSSR count). The summed E-state index contributed by atoms with van der Waals surface area (Å²) >= 11 is 2.96. The van der Waals surface area contributed by atoms with E-state index in [4.69, 9.17) is 9.47 Å². The highest BCUT2D eigenvalue weighted by molar-refractivity contribution is 7.99. The first-order valence-electron chi connectivity index (χ1n) is 10.6. The summed E-state index contributed by atoms with van der Waals surface area (Å²) in [5.74, 6) is 1.59. The number of carbonyl (C=O) groups is 1. The maximum absolute atomic E-state index is 12.6. The number of carbonyl (C=O) groups excluding carboxylic acids is 1. The monoisotopic (exact) mass is 467 g/mol. The van der Waals surface area contributed by atoms with Gasteiger partial charge in [-0.25, -0.2) is 4.98 Å². The molecule has 0 saturated heterocycles. The first kappa shape index (κ1) is 19.8. The summed E-state index contributed by atoms with van der Waals surface area (Å²) in [7, 11) is 0. The SMILES string of the molecule is Cc1cc2cc3c(cc2n2c(SCC(=O)Nc4nc5c(s4)CCCC5)nnc12)OCCO3. The van der Waals surface area contributed by atoms with Crippen molar-refractivity contribution >= 4 is 50.7 Å². The summed E-state index contributed by atoms with van der Waals surface area (Å²) in [5, 5.41) is 14.1. The van der Waals surface area contributed by atoms with Crippen molar-refractivity contribution in [1.82, 2.24) is 19.6 Å². The van der Waals surface area contributed by atoms with E-state index in [9.17, 15) is 4.79 Å². The number of fused-ring (bicyclic) bond motifs is 5. The van der Waals surface area contributed by atoms with E-state index in [0.717, 1.165) is 46.4 Å². The lowest BCUT2D eigenvalue weighted by atomic mass is 10.0. The number of nitrogens with zero attached hydrogens (tertiary/aromatic N) is 4. The number of amides is 1. The van der Waals surface area contributed by atoms with Crippen LogP contribution in [-0.4, -0.2) is 44.5 Å². The number of rotatable bonds is 4. The van der Waals surface area contributed by atoms with Crippen molar-refractivity contribution in [3.05, 3.63) is 34.3 Å². The van der Waals surface area contributed by atoms with Gasteiger partial charge in [-0.2, -0.15) is 0 Å². The second-order valence-corrected chi connectivity index (χ2v) is 9.98. The van der Waals surface area contributed by atoms with Crippen molar-refractivity contribution in [3.8, 4) is 11.5 Å². The maximum atomic E-state index is 12.6. The molecular formula is C22H21N5O3S2. The number of thioether (sulfide) groups is 1. The molecule has 10 heteroatoms. The molecule has 3 aromatic heterocycles. The molecule has 2 aliphatic rings. The Labute approximate surface area is 192 Å². The second kappa shape index (κ2) is 7.93. The Kier molecular flexibility index (Phi) is 4.91. The Morgan fingerprint density at radius 3 is 2.81 bits per heavy atom. The number of anilines is 1.